The minimum Gasteiger partial charge on any atom is -0.463 e. The average Bonchev–Trinajstić information content (AvgIpc) is 2.83. The van der Waals surface area contributed by atoms with Crippen molar-refractivity contribution in [3.8, 4) is 0 Å². The molecule has 108 valence electrons. The van der Waals surface area contributed by atoms with Crippen molar-refractivity contribution in [2.45, 2.75) is 26.6 Å². The highest BCUT2D eigenvalue weighted by Crippen LogP contribution is 2.15. The fourth-order valence-corrected chi connectivity index (χ4v) is 2.57. The van der Waals surface area contributed by atoms with E-state index in [1.165, 1.54) is 5.56 Å². The standard InChI is InChI=1S/C16H21BrN2O/c1-3-18-10-15-7-8-16(20-15)12-19(2)11-13-5-4-6-14(17)9-13/h4-9,18H,3,10-12H2,1-2H3. The molecule has 1 N–H and O–H groups in total. The van der Waals surface area contributed by atoms with Gasteiger partial charge in [0.1, 0.15) is 11.5 Å². The molecule has 1 heterocycles. The van der Waals surface area contributed by atoms with Crippen LogP contribution in [0.1, 0.15) is 24.0 Å². The van der Waals surface area contributed by atoms with E-state index >= 15 is 0 Å². The van der Waals surface area contributed by atoms with Crippen LogP contribution in [0.2, 0.25) is 0 Å². The second kappa shape index (κ2) is 7.62. The molecule has 2 rings (SSSR count). The Morgan fingerprint density at radius 1 is 1.15 bits per heavy atom. The summed E-state index contributed by atoms with van der Waals surface area (Å²) in [5.74, 6) is 2.01. The second-order valence-corrected chi connectivity index (χ2v) is 5.87. The van der Waals surface area contributed by atoms with E-state index in [9.17, 15) is 0 Å². The topological polar surface area (TPSA) is 28.4 Å². The van der Waals surface area contributed by atoms with Gasteiger partial charge in [-0.25, -0.2) is 0 Å². The van der Waals surface area contributed by atoms with Crippen molar-refractivity contribution in [1.29, 1.82) is 0 Å². The minimum atomic E-state index is 0.797. The van der Waals surface area contributed by atoms with Crippen LogP contribution in [0.5, 0.6) is 0 Å². The number of hydrogen-bond acceptors (Lipinski definition) is 3. The maximum Gasteiger partial charge on any atom is 0.118 e. The summed E-state index contributed by atoms with van der Waals surface area (Å²) in [5.41, 5.74) is 1.29. The largest absolute Gasteiger partial charge is 0.463 e. The van der Waals surface area contributed by atoms with Crippen molar-refractivity contribution in [3.05, 3.63) is 58.0 Å². The van der Waals surface area contributed by atoms with E-state index in [0.717, 1.165) is 42.2 Å². The van der Waals surface area contributed by atoms with Crippen LogP contribution in [-0.2, 0) is 19.6 Å². The summed E-state index contributed by atoms with van der Waals surface area (Å²) < 4.78 is 6.92. The Balaban J connectivity index is 1.87. The SMILES string of the molecule is CCNCc1ccc(CN(C)Cc2cccc(Br)c2)o1. The maximum atomic E-state index is 5.80. The zero-order valence-electron chi connectivity index (χ0n) is 12.0. The summed E-state index contributed by atoms with van der Waals surface area (Å²) >= 11 is 3.50. The highest BCUT2D eigenvalue weighted by Gasteiger charge is 2.06. The van der Waals surface area contributed by atoms with Gasteiger partial charge < -0.3 is 9.73 Å². The molecule has 4 heteroatoms. The average molecular weight is 337 g/mol. The molecule has 2 aromatic rings. The highest BCUT2D eigenvalue weighted by atomic mass is 79.9. The number of rotatable bonds is 7. The fourth-order valence-electron chi connectivity index (χ4n) is 2.12. The molecule has 1 aromatic carbocycles. The summed E-state index contributed by atoms with van der Waals surface area (Å²) in [6.45, 7) is 5.57. The number of nitrogens with one attached hydrogen (secondary N) is 1. The first-order valence-electron chi connectivity index (χ1n) is 6.88. The lowest BCUT2D eigenvalue weighted by molar-refractivity contribution is 0.282. The van der Waals surface area contributed by atoms with Crippen LogP contribution in [0.3, 0.4) is 0 Å². The zero-order valence-corrected chi connectivity index (χ0v) is 13.6. The third-order valence-electron chi connectivity index (χ3n) is 3.03. The highest BCUT2D eigenvalue weighted by molar-refractivity contribution is 9.10. The van der Waals surface area contributed by atoms with Gasteiger partial charge in [0.05, 0.1) is 13.1 Å². The molecule has 0 aliphatic heterocycles. The predicted octanol–water partition coefficient (Wildman–Crippen LogP) is 3.78. The van der Waals surface area contributed by atoms with Crippen LogP contribution in [0.25, 0.3) is 0 Å². The van der Waals surface area contributed by atoms with Crippen molar-refractivity contribution in [2.24, 2.45) is 0 Å². The Morgan fingerprint density at radius 2 is 1.95 bits per heavy atom. The summed E-state index contributed by atoms with van der Waals surface area (Å²) in [6, 6.07) is 12.5. The Bertz CT molecular complexity index is 539. The summed E-state index contributed by atoms with van der Waals surface area (Å²) in [6.07, 6.45) is 0. The van der Waals surface area contributed by atoms with E-state index < -0.39 is 0 Å². The normalized spacial score (nSPS) is 11.2. The van der Waals surface area contributed by atoms with E-state index in [1.807, 2.05) is 12.1 Å². The van der Waals surface area contributed by atoms with Gasteiger partial charge in [-0.05, 0) is 43.4 Å². The lowest BCUT2D eigenvalue weighted by atomic mass is 10.2. The second-order valence-electron chi connectivity index (χ2n) is 4.95. The third-order valence-corrected chi connectivity index (χ3v) is 3.53. The lowest BCUT2D eigenvalue weighted by Gasteiger charge is -2.15. The van der Waals surface area contributed by atoms with Gasteiger partial charge in [0.2, 0.25) is 0 Å². The van der Waals surface area contributed by atoms with Crippen LogP contribution in [0.4, 0.5) is 0 Å². The molecule has 0 atom stereocenters. The molecule has 0 aliphatic rings. The Labute approximate surface area is 129 Å². The van der Waals surface area contributed by atoms with Gasteiger partial charge in [0, 0.05) is 11.0 Å². The molecule has 0 bridgehead atoms. The Kier molecular flexibility index (Phi) is 5.83. The van der Waals surface area contributed by atoms with Gasteiger partial charge in [-0.3, -0.25) is 4.90 Å². The van der Waals surface area contributed by atoms with Gasteiger partial charge in [0.25, 0.3) is 0 Å². The lowest BCUT2D eigenvalue weighted by Crippen LogP contribution is -2.16. The number of nitrogens with zero attached hydrogens (tertiary/aromatic N) is 1. The molecule has 0 unspecified atom stereocenters. The summed E-state index contributed by atoms with van der Waals surface area (Å²) in [5, 5.41) is 3.26. The molecular formula is C16H21BrN2O. The Morgan fingerprint density at radius 3 is 2.70 bits per heavy atom. The predicted molar refractivity (Wildman–Crippen MR) is 85.4 cm³/mol. The molecule has 0 saturated heterocycles. The van der Waals surface area contributed by atoms with Crippen LogP contribution in [0.15, 0.2) is 45.3 Å². The molecule has 0 saturated carbocycles. The van der Waals surface area contributed by atoms with Crippen LogP contribution in [-0.4, -0.2) is 18.5 Å². The van der Waals surface area contributed by atoms with Crippen molar-refractivity contribution in [2.75, 3.05) is 13.6 Å². The van der Waals surface area contributed by atoms with E-state index in [0.29, 0.717) is 0 Å². The smallest absolute Gasteiger partial charge is 0.118 e. The van der Waals surface area contributed by atoms with E-state index in [1.54, 1.807) is 0 Å². The molecule has 3 nitrogen and oxygen atoms in total. The molecule has 20 heavy (non-hydrogen) atoms. The Hall–Kier alpha value is -1.10. The van der Waals surface area contributed by atoms with Crippen LogP contribution in [0, 0.1) is 0 Å². The molecule has 0 fully saturated rings. The molecule has 0 spiro atoms. The van der Waals surface area contributed by atoms with Gasteiger partial charge in [0.15, 0.2) is 0 Å². The minimum absolute atomic E-state index is 0.797. The van der Waals surface area contributed by atoms with Crippen molar-refractivity contribution < 1.29 is 4.42 Å². The first-order valence-corrected chi connectivity index (χ1v) is 7.68. The molecular weight excluding hydrogens is 316 g/mol. The number of benzene rings is 1. The number of halogens is 1. The monoisotopic (exact) mass is 336 g/mol. The van der Waals surface area contributed by atoms with Crippen LogP contribution >= 0.6 is 15.9 Å². The number of hydrogen-bond donors (Lipinski definition) is 1. The van der Waals surface area contributed by atoms with E-state index in [2.05, 4.69) is 64.4 Å². The van der Waals surface area contributed by atoms with E-state index in [-0.39, 0.29) is 0 Å². The first kappa shape index (κ1) is 15.3. The molecule has 0 amide bonds. The van der Waals surface area contributed by atoms with E-state index in [4.69, 9.17) is 4.42 Å². The zero-order chi connectivity index (χ0) is 14.4. The van der Waals surface area contributed by atoms with Crippen LogP contribution < -0.4 is 5.32 Å². The molecule has 1 aromatic heterocycles. The quantitative estimate of drug-likeness (QED) is 0.833. The fraction of sp³-hybridized carbons (Fsp3) is 0.375. The van der Waals surface area contributed by atoms with Crippen molar-refractivity contribution in [1.82, 2.24) is 10.2 Å². The molecule has 0 radical (unpaired) electrons. The third kappa shape index (κ3) is 4.78. The molecule has 0 aliphatic carbocycles. The van der Waals surface area contributed by atoms with Crippen molar-refractivity contribution >= 4 is 15.9 Å². The van der Waals surface area contributed by atoms with Gasteiger partial charge >= 0.3 is 0 Å². The van der Waals surface area contributed by atoms with Gasteiger partial charge in [-0.1, -0.05) is 35.0 Å². The first-order chi connectivity index (χ1) is 9.67. The summed E-state index contributed by atoms with van der Waals surface area (Å²) in [4.78, 5) is 2.25. The van der Waals surface area contributed by atoms with Gasteiger partial charge in [-0.2, -0.15) is 0 Å². The van der Waals surface area contributed by atoms with Crippen molar-refractivity contribution in [3.63, 3.8) is 0 Å². The maximum absolute atomic E-state index is 5.80. The van der Waals surface area contributed by atoms with Gasteiger partial charge in [-0.15, -0.1) is 0 Å². The summed E-state index contributed by atoms with van der Waals surface area (Å²) in [7, 11) is 2.10. The number of furan rings is 1.